The Bertz CT molecular complexity index is 792. The molecule has 33 heavy (non-hydrogen) atoms. The molecule has 0 spiro atoms. The average Bonchev–Trinajstić information content (AvgIpc) is 3.40. The Labute approximate surface area is 194 Å². The van der Waals surface area contributed by atoms with Crippen molar-refractivity contribution in [1.29, 1.82) is 0 Å². The minimum Gasteiger partial charge on any atom is -0.464 e. The van der Waals surface area contributed by atoms with Gasteiger partial charge in [-0.25, -0.2) is 9.59 Å². The van der Waals surface area contributed by atoms with Crippen LogP contribution < -0.4 is 10.6 Å². The van der Waals surface area contributed by atoms with Gasteiger partial charge in [-0.05, 0) is 33.6 Å². The number of carbonyl (C=O) groups is 4. The van der Waals surface area contributed by atoms with Crippen LogP contribution in [0.15, 0.2) is 12.8 Å². The summed E-state index contributed by atoms with van der Waals surface area (Å²) in [6.07, 6.45) is -0.343. The van der Waals surface area contributed by atoms with Gasteiger partial charge in [0, 0.05) is 18.3 Å². The molecule has 2 fully saturated rings. The minimum absolute atomic E-state index is 0.0522. The van der Waals surface area contributed by atoms with Gasteiger partial charge >= 0.3 is 18.0 Å². The van der Waals surface area contributed by atoms with E-state index in [9.17, 15) is 24.3 Å². The summed E-state index contributed by atoms with van der Waals surface area (Å²) in [6, 6.07) is -1.01. The van der Waals surface area contributed by atoms with Crippen molar-refractivity contribution in [2.45, 2.75) is 77.7 Å². The monoisotopic (exact) mass is 468 g/mol. The number of amides is 2. The standard InChI is InChI=1S/C23H36N2O8/c1-8-12(4)17(24-21(30)33-22(5,6)7)18(27)25-23(20(29)32-10-3)11-13(26)14-15(16(14)23)19(28)31-9-2/h9,12-17,26H,2,8,10-11H2,1,3-7H3,(H,24,30)(H,25,27)/t12-,13-,14-,15-,16-,17-,23-/m0/s1. The van der Waals surface area contributed by atoms with Crippen LogP contribution in [0.2, 0.25) is 0 Å². The molecule has 7 atom stereocenters. The number of aliphatic hydroxyl groups excluding tert-OH is 1. The molecule has 0 aromatic heterocycles. The molecule has 186 valence electrons. The van der Waals surface area contributed by atoms with Crippen LogP contribution >= 0.6 is 0 Å². The van der Waals surface area contributed by atoms with Gasteiger partial charge < -0.3 is 30.0 Å². The second-order valence-electron chi connectivity index (χ2n) is 9.69. The molecule has 3 N–H and O–H groups in total. The summed E-state index contributed by atoms with van der Waals surface area (Å²) in [5.41, 5.74) is -2.38. The van der Waals surface area contributed by atoms with E-state index in [4.69, 9.17) is 14.2 Å². The summed E-state index contributed by atoms with van der Waals surface area (Å²) >= 11 is 0. The molecule has 0 aliphatic heterocycles. The predicted molar refractivity (Wildman–Crippen MR) is 118 cm³/mol. The lowest BCUT2D eigenvalue weighted by Crippen LogP contribution is -2.62. The van der Waals surface area contributed by atoms with Crippen LogP contribution in [0.1, 0.15) is 54.4 Å². The van der Waals surface area contributed by atoms with Crippen molar-refractivity contribution < 1.29 is 38.5 Å². The van der Waals surface area contributed by atoms with Crippen LogP contribution in [0, 0.1) is 23.7 Å². The van der Waals surface area contributed by atoms with Crippen molar-refractivity contribution in [2.24, 2.45) is 23.7 Å². The smallest absolute Gasteiger partial charge is 0.408 e. The molecule has 0 bridgehead atoms. The summed E-state index contributed by atoms with van der Waals surface area (Å²) in [7, 11) is 0. The van der Waals surface area contributed by atoms with E-state index in [0.717, 1.165) is 6.26 Å². The van der Waals surface area contributed by atoms with E-state index >= 15 is 0 Å². The number of ether oxygens (including phenoxy) is 3. The Hall–Kier alpha value is -2.62. The Morgan fingerprint density at radius 3 is 2.39 bits per heavy atom. The normalized spacial score (nSPS) is 29.7. The molecule has 0 aromatic carbocycles. The third-order valence-electron chi connectivity index (χ3n) is 6.25. The highest BCUT2D eigenvalue weighted by Gasteiger charge is 2.76. The van der Waals surface area contributed by atoms with Gasteiger partial charge in [0.1, 0.15) is 17.2 Å². The Morgan fingerprint density at radius 2 is 1.88 bits per heavy atom. The maximum Gasteiger partial charge on any atom is 0.408 e. The van der Waals surface area contributed by atoms with E-state index < -0.39 is 65.0 Å². The first-order valence-corrected chi connectivity index (χ1v) is 11.3. The highest BCUT2D eigenvalue weighted by molar-refractivity contribution is 5.94. The largest absolute Gasteiger partial charge is 0.464 e. The van der Waals surface area contributed by atoms with Crippen molar-refractivity contribution in [3.8, 4) is 0 Å². The van der Waals surface area contributed by atoms with Gasteiger partial charge in [0.05, 0.1) is 24.9 Å². The Morgan fingerprint density at radius 1 is 1.24 bits per heavy atom. The number of carbonyl (C=O) groups excluding carboxylic acids is 4. The molecule has 0 heterocycles. The van der Waals surface area contributed by atoms with Crippen molar-refractivity contribution in [1.82, 2.24) is 10.6 Å². The van der Waals surface area contributed by atoms with E-state index in [2.05, 4.69) is 17.2 Å². The fraction of sp³-hybridized carbons (Fsp3) is 0.739. The topological polar surface area (TPSA) is 140 Å². The molecule has 0 aromatic rings. The zero-order valence-corrected chi connectivity index (χ0v) is 20.2. The van der Waals surface area contributed by atoms with Gasteiger partial charge in [0.25, 0.3) is 0 Å². The number of hydrogen-bond acceptors (Lipinski definition) is 8. The first-order chi connectivity index (χ1) is 15.3. The zero-order chi connectivity index (χ0) is 25.1. The molecule has 0 unspecified atom stereocenters. The Kier molecular flexibility index (Phi) is 8.16. The summed E-state index contributed by atoms with van der Waals surface area (Å²) in [4.78, 5) is 51.1. The second-order valence-corrected chi connectivity index (χ2v) is 9.69. The first kappa shape index (κ1) is 26.6. The molecule has 10 nitrogen and oxygen atoms in total. The van der Waals surface area contributed by atoms with Gasteiger partial charge in [-0.1, -0.05) is 26.8 Å². The van der Waals surface area contributed by atoms with Gasteiger partial charge in [-0.3, -0.25) is 9.59 Å². The maximum atomic E-state index is 13.4. The fourth-order valence-electron chi connectivity index (χ4n) is 4.61. The molecule has 0 radical (unpaired) electrons. The molecule has 2 rings (SSSR count). The SMILES string of the molecule is C=COC(=O)[C@H]1[C@H]2[C@@H]1[C@](NC(=O)[C@@H](NC(=O)OC(C)(C)C)[C@@H](C)CC)(C(=O)OCC)C[C@@H]2O. The molecule has 0 saturated heterocycles. The molecule has 2 aliphatic carbocycles. The van der Waals surface area contributed by atoms with E-state index in [0.29, 0.717) is 6.42 Å². The van der Waals surface area contributed by atoms with E-state index in [1.807, 2.05) is 6.92 Å². The van der Waals surface area contributed by atoms with Crippen LogP contribution in [0.4, 0.5) is 4.79 Å². The highest BCUT2D eigenvalue weighted by Crippen LogP contribution is 2.63. The van der Waals surface area contributed by atoms with E-state index in [1.54, 1.807) is 34.6 Å². The van der Waals surface area contributed by atoms with Crippen LogP contribution in [0.3, 0.4) is 0 Å². The van der Waals surface area contributed by atoms with Gasteiger partial charge in [-0.15, -0.1) is 0 Å². The van der Waals surface area contributed by atoms with Crippen LogP contribution in [0.5, 0.6) is 0 Å². The number of aliphatic hydroxyl groups is 1. The van der Waals surface area contributed by atoms with Crippen molar-refractivity contribution in [3.05, 3.63) is 12.8 Å². The number of esters is 2. The number of rotatable bonds is 9. The lowest BCUT2D eigenvalue weighted by Gasteiger charge is -2.34. The third kappa shape index (κ3) is 5.66. The second kappa shape index (κ2) is 10.1. The third-order valence-corrected chi connectivity index (χ3v) is 6.25. The maximum absolute atomic E-state index is 13.4. The summed E-state index contributed by atoms with van der Waals surface area (Å²) in [5, 5.41) is 15.9. The van der Waals surface area contributed by atoms with Crippen molar-refractivity contribution in [2.75, 3.05) is 6.61 Å². The fourth-order valence-corrected chi connectivity index (χ4v) is 4.61. The summed E-state index contributed by atoms with van der Waals surface area (Å²) in [5.74, 6) is -4.31. The van der Waals surface area contributed by atoms with Crippen LogP contribution in [-0.4, -0.2) is 58.9 Å². The van der Waals surface area contributed by atoms with Crippen molar-refractivity contribution in [3.63, 3.8) is 0 Å². The first-order valence-electron chi connectivity index (χ1n) is 11.3. The summed E-state index contributed by atoms with van der Waals surface area (Å²) < 4.78 is 15.4. The lowest BCUT2D eigenvalue weighted by molar-refractivity contribution is -0.156. The van der Waals surface area contributed by atoms with Gasteiger partial charge in [0.2, 0.25) is 5.91 Å². The van der Waals surface area contributed by atoms with Crippen LogP contribution in [0.25, 0.3) is 0 Å². The molecular weight excluding hydrogens is 432 g/mol. The zero-order valence-electron chi connectivity index (χ0n) is 20.2. The van der Waals surface area contributed by atoms with Crippen LogP contribution in [-0.2, 0) is 28.6 Å². The molecular formula is C23H36N2O8. The lowest BCUT2D eigenvalue weighted by atomic mass is 9.88. The van der Waals surface area contributed by atoms with Crippen molar-refractivity contribution >= 4 is 23.9 Å². The van der Waals surface area contributed by atoms with E-state index in [-0.39, 0.29) is 18.9 Å². The number of fused-ring (bicyclic) bond motifs is 1. The molecule has 2 amide bonds. The van der Waals surface area contributed by atoms with Gasteiger partial charge in [0.15, 0.2) is 0 Å². The minimum atomic E-state index is -1.62. The molecule has 2 aliphatic rings. The Balaban J connectivity index is 2.32. The number of hydrogen-bond donors (Lipinski definition) is 3. The highest BCUT2D eigenvalue weighted by atomic mass is 16.6. The predicted octanol–water partition coefficient (Wildman–Crippen LogP) is 1.66. The molecule has 10 heteroatoms. The average molecular weight is 469 g/mol. The van der Waals surface area contributed by atoms with Gasteiger partial charge in [-0.2, -0.15) is 0 Å². The number of alkyl carbamates (subject to hydrolysis) is 1. The van der Waals surface area contributed by atoms with E-state index in [1.165, 1.54) is 0 Å². The number of nitrogens with one attached hydrogen (secondary N) is 2. The summed E-state index contributed by atoms with van der Waals surface area (Å²) in [6.45, 7) is 13.8. The molecule has 2 saturated carbocycles. The quantitative estimate of drug-likeness (QED) is 0.264.